The van der Waals surface area contributed by atoms with E-state index in [9.17, 15) is 0 Å². The fourth-order valence-corrected chi connectivity index (χ4v) is 2.73. The fraction of sp³-hybridized carbons (Fsp3) is 0.294. The van der Waals surface area contributed by atoms with E-state index < -0.39 is 0 Å². The number of fused-ring (bicyclic) bond motifs is 1. The summed E-state index contributed by atoms with van der Waals surface area (Å²) in [7, 11) is 6.18. The molecule has 0 aliphatic carbocycles. The van der Waals surface area contributed by atoms with Crippen molar-refractivity contribution in [3.63, 3.8) is 0 Å². The van der Waals surface area contributed by atoms with Crippen LogP contribution in [0.4, 0.5) is 5.82 Å². The number of likely N-dealkylation sites (N-methyl/N-ethyl adjacent to an activating group) is 2. The lowest BCUT2D eigenvalue weighted by molar-refractivity contribution is 0.416. The van der Waals surface area contributed by atoms with Crippen molar-refractivity contribution < 1.29 is 0 Å². The van der Waals surface area contributed by atoms with Crippen LogP contribution in [0.2, 0.25) is 5.02 Å². The van der Waals surface area contributed by atoms with E-state index in [1.165, 1.54) is 0 Å². The van der Waals surface area contributed by atoms with Crippen LogP contribution in [0.25, 0.3) is 22.3 Å². The first kappa shape index (κ1) is 15.8. The van der Waals surface area contributed by atoms with Crippen molar-refractivity contribution in [2.24, 2.45) is 0 Å². The average Bonchev–Trinajstić information content (AvgIpc) is 3.01. The van der Waals surface area contributed by atoms with Crippen LogP contribution in [0.5, 0.6) is 0 Å². The van der Waals surface area contributed by atoms with Crippen molar-refractivity contribution in [2.75, 3.05) is 39.1 Å². The summed E-state index contributed by atoms with van der Waals surface area (Å²) in [6, 6.07) is 7.99. The molecule has 0 unspecified atom stereocenters. The molecule has 0 aromatic carbocycles. The summed E-state index contributed by atoms with van der Waals surface area (Å²) in [6.45, 7) is 1.88. The zero-order chi connectivity index (χ0) is 16.4. The van der Waals surface area contributed by atoms with Gasteiger partial charge in [-0.15, -0.1) is 0 Å². The molecular weight excluding hydrogens is 310 g/mol. The molecule has 3 heterocycles. The van der Waals surface area contributed by atoms with Crippen LogP contribution in [0, 0.1) is 0 Å². The summed E-state index contributed by atoms with van der Waals surface area (Å²) in [5, 5.41) is 1.59. The van der Waals surface area contributed by atoms with Gasteiger partial charge in [0.2, 0.25) is 0 Å². The molecule has 3 rings (SSSR count). The second-order valence-electron chi connectivity index (χ2n) is 5.83. The maximum Gasteiger partial charge on any atom is 0.138 e. The van der Waals surface area contributed by atoms with Crippen LogP contribution in [-0.2, 0) is 0 Å². The highest BCUT2D eigenvalue weighted by Gasteiger charge is 2.13. The monoisotopic (exact) mass is 329 g/mol. The molecule has 0 saturated heterocycles. The van der Waals surface area contributed by atoms with Gasteiger partial charge in [0.05, 0.1) is 10.7 Å². The van der Waals surface area contributed by atoms with Crippen LogP contribution >= 0.6 is 11.6 Å². The van der Waals surface area contributed by atoms with Crippen LogP contribution in [0.15, 0.2) is 36.7 Å². The van der Waals surface area contributed by atoms with Gasteiger partial charge in [-0.3, -0.25) is 0 Å². The summed E-state index contributed by atoms with van der Waals surface area (Å²) in [6.07, 6.45) is 3.53. The molecule has 3 aromatic heterocycles. The van der Waals surface area contributed by atoms with Gasteiger partial charge in [0, 0.05) is 43.5 Å². The third kappa shape index (κ3) is 3.30. The van der Waals surface area contributed by atoms with Gasteiger partial charge in [0.15, 0.2) is 0 Å². The molecule has 0 atom stereocenters. The van der Waals surface area contributed by atoms with Gasteiger partial charge in [0.25, 0.3) is 0 Å². The highest BCUT2D eigenvalue weighted by atomic mass is 35.5. The van der Waals surface area contributed by atoms with E-state index in [0.29, 0.717) is 5.02 Å². The normalized spacial score (nSPS) is 11.3. The van der Waals surface area contributed by atoms with Gasteiger partial charge in [-0.05, 0) is 32.3 Å². The van der Waals surface area contributed by atoms with E-state index in [-0.39, 0.29) is 0 Å². The Morgan fingerprint density at radius 1 is 1.13 bits per heavy atom. The van der Waals surface area contributed by atoms with Crippen LogP contribution in [0.1, 0.15) is 0 Å². The Balaban J connectivity index is 1.99. The van der Waals surface area contributed by atoms with Crippen molar-refractivity contribution in [1.29, 1.82) is 0 Å². The molecule has 0 amide bonds. The molecule has 0 fully saturated rings. The van der Waals surface area contributed by atoms with Gasteiger partial charge in [-0.2, -0.15) is 0 Å². The average molecular weight is 330 g/mol. The topological polar surface area (TPSA) is 48.0 Å². The zero-order valence-electron chi connectivity index (χ0n) is 13.5. The molecular formula is C17H20ClN5. The van der Waals surface area contributed by atoms with Crippen LogP contribution < -0.4 is 4.90 Å². The molecule has 0 spiro atoms. The fourth-order valence-electron chi connectivity index (χ4n) is 2.48. The molecule has 6 heteroatoms. The Morgan fingerprint density at radius 3 is 2.74 bits per heavy atom. The van der Waals surface area contributed by atoms with E-state index >= 15 is 0 Å². The molecule has 1 N–H and O–H groups in total. The lowest BCUT2D eigenvalue weighted by Crippen LogP contribution is -2.29. The summed E-state index contributed by atoms with van der Waals surface area (Å²) in [5.74, 6) is 0.931. The number of anilines is 1. The van der Waals surface area contributed by atoms with Gasteiger partial charge >= 0.3 is 0 Å². The maximum atomic E-state index is 6.39. The SMILES string of the molecule is CN(C)CCN(C)c1cccc(-c2c(Cl)cnc3[nH]ccc23)n1. The summed E-state index contributed by atoms with van der Waals surface area (Å²) in [5.41, 5.74) is 2.59. The molecule has 0 aliphatic heterocycles. The zero-order valence-corrected chi connectivity index (χ0v) is 14.3. The van der Waals surface area contributed by atoms with Crippen LogP contribution in [0.3, 0.4) is 0 Å². The van der Waals surface area contributed by atoms with E-state index in [1.54, 1.807) is 6.20 Å². The van der Waals surface area contributed by atoms with E-state index in [4.69, 9.17) is 16.6 Å². The Hall–Kier alpha value is -2.11. The number of rotatable bonds is 5. The van der Waals surface area contributed by atoms with Gasteiger partial charge in [-0.1, -0.05) is 17.7 Å². The third-order valence-electron chi connectivity index (χ3n) is 3.80. The van der Waals surface area contributed by atoms with E-state index in [0.717, 1.165) is 41.2 Å². The summed E-state index contributed by atoms with van der Waals surface area (Å²) < 4.78 is 0. The first-order chi connectivity index (χ1) is 11.1. The first-order valence-electron chi connectivity index (χ1n) is 7.51. The molecule has 120 valence electrons. The van der Waals surface area contributed by atoms with Gasteiger partial charge in [-0.25, -0.2) is 9.97 Å². The second kappa shape index (κ2) is 6.56. The predicted octanol–water partition coefficient (Wildman–Crippen LogP) is 3.28. The number of halogens is 1. The number of nitrogens with one attached hydrogen (secondary N) is 1. The lowest BCUT2D eigenvalue weighted by atomic mass is 10.1. The minimum Gasteiger partial charge on any atom is -0.358 e. The van der Waals surface area contributed by atoms with Crippen molar-refractivity contribution in [3.05, 3.63) is 41.7 Å². The molecule has 0 aliphatic rings. The minimum absolute atomic E-state index is 0.609. The smallest absolute Gasteiger partial charge is 0.138 e. The van der Waals surface area contributed by atoms with E-state index in [1.807, 2.05) is 30.5 Å². The predicted molar refractivity (Wildman–Crippen MR) is 96.2 cm³/mol. The first-order valence-corrected chi connectivity index (χ1v) is 7.89. The minimum atomic E-state index is 0.609. The molecule has 0 saturated carbocycles. The molecule has 3 aromatic rings. The standard InChI is InChI=1S/C17H20ClN5/c1-22(2)9-10-23(3)15-6-4-5-14(21-15)16-12-7-8-19-17(12)20-11-13(16)18/h4-8,11H,9-10H2,1-3H3,(H,19,20). The molecule has 0 bridgehead atoms. The Labute approximate surface area is 140 Å². The number of aromatic amines is 1. The van der Waals surface area contributed by atoms with Gasteiger partial charge < -0.3 is 14.8 Å². The largest absolute Gasteiger partial charge is 0.358 e. The lowest BCUT2D eigenvalue weighted by Gasteiger charge is -2.21. The van der Waals surface area contributed by atoms with Gasteiger partial charge in [0.1, 0.15) is 11.5 Å². The maximum absolute atomic E-state index is 6.39. The van der Waals surface area contributed by atoms with Crippen molar-refractivity contribution >= 4 is 28.5 Å². The molecule has 0 radical (unpaired) electrons. The number of aromatic nitrogens is 3. The number of hydrogen-bond donors (Lipinski definition) is 1. The van der Waals surface area contributed by atoms with E-state index in [2.05, 4.69) is 40.9 Å². The number of pyridine rings is 2. The number of nitrogens with zero attached hydrogens (tertiary/aromatic N) is 4. The van der Waals surface area contributed by atoms with Crippen molar-refractivity contribution in [2.45, 2.75) is 0 Å². The highest BCUT2D eigenvalue weighted by molar-refractivity contribution is 6.34. The number of H-pyrrole nitrogens is 1. The van der Waals surface area contributed by atoms with Crippen LogP contribution in [-0.4, -0.2) is 54.1 Å². The third-order valence-corrected chi connectivity index (χ3v) is 4.09. The quantitative estimate of drug-likeness (QED) is 0.780. The Bertz CT molecular complexity index is 812. The van der Waals surface area contributed by atoms with Crippen molar-refractivity contribution in [1.82, 2.24) is 19.9 Å². The van der Waals surface area contributed by atoms with Crippen molar-refractivity contribution in [3.8, 4) is 11.3 Å². The summed E-state index contributed by atoms with van der Waals surface area (Å²) >= 11 is 6.39. The summed E-state index contributed by atoms with van der Waals surface area (Å²) in [4.78, 5) is 16.5. The molecule has 23 heavy (non-hydrogen) atoms. The Morgan fingerprint density at radius 2 is 1.96 bits per heavy atom. The number of hydrogen-bond acceptors (Lipinski definition) is 4. The highest BCUT2D eigenvalue weighted by Crippen LogP contribution is 2.33. The molecule has 5 nitrogen and oxygen atoms in total. The Kier molecular flexibility index (Phi) is 4.50. The second-order valence-corrected chi connectivity index (χ2v) is 6.23.